The Morgan fingerprint density at radius 3 is 2.57 bits per heavy atom. The smallest absolute Gasteiger partial charge is 0.225 e. The van der Waals surface area contributed by atoms with Gasteiger partial charge in [0.25, 0.3) is 0 Å². The maximum absolute atomic E-state index is 11.8. The molecule has 0 aromatic heterocycles. The lowest BCUT2D eigenvalue weighted by Gasteiger charge is -2.30. The molecular formula is C18H28ClN3O. The van der Waals surface area contributed by atoms with Gasteiger partial charge in [-0.25, -0.2) is 0 Å². The largest absolute Gasteiger partial charge is 0.352 e. The monoisotopic (exact) mass is 337 g/mol. The van der Waals surface area contributed by atoms with Crippen LogP contribution < -0.4 is 10.6 Å². The van der Waals surface area contributed by atoms with E-state index in [0.717, 1.165) is 25.6 Å². The quantitative estimate of drug-likeness (QED) is 0.865. The number of halogens is 1. The number of benzene rings is 1. The van der Waals surface area contributed by atoms with E-state index in [1.807, 2.05) is 0 Å². The van der Waals surface area contributed by atoms with Gasteiger partial charge in [0.15, 0.2) is 0 Å². The number of hydrogen-bond acceptors (Lipinski definition) is 3. The van der Waals surface area contributed by atoms with Crippen LogP contribution in [0.15, 0.2) is 24.3 Å². The zero-order valence-electron chi connectivity index (χ0n) is 13.9. The molecule has 2 saturated heterocycles. The lowest BCUT2D eigenvalue weighted by molar-refractivity contribution is -0.126. The Morgan fingerprint density at radius 1 is 1.26 bits per heavy atom. The Hall–Kier alpha value is -1.10. The van der Waals surface area contributed by atoms with Crippen molar-refractivity contribution >= 4 is 18.3 Å². The fraction of sp³-hybridized carbons (Fsp3) is 0.611. The summed E-state index contributed by atoms with van der Waals surface area (Å²) in [6, 6.07) is 8.68. The molecule has 2 aliphatic rings. The highest BCUT2D eigenvalue weighted by molar-refractivity contribution is 5.85. The van der Waals surface area contributed by atoms with E-state index in [1.165, 1.54) is 37.1 Å². The highest BCUT2D eigenvalue weighted by atomic mass is 35.5. The molecule has 0 radical (unpaired) electrons. The van der Waals surface area contributed by atoms with Crippen LogP contribution in [0.5, 0.6) is 0 Å². The molecule has 0 saturated carbocycles. The van der Waals surface area contributed by atoms with Gasteiger partial charge in [0.2, 0.25) is 5.91 Å². The first kappa shape index (κ1) is 18.2. The van der Waals surface area contributed by atoms with E-state index in [-0.39, 0.29) is 24.2 Å². The van der Waals surface area contributed by atoms with Gasteiger partial charge >= 0.3 is 0 Å². The number of carbonyl (C=O) groups is 1. The van der Waals surface area contributed by atoms with Crippen molar-refractivity contribution in [3.05, 3.63) is 35.4 Å². The first-order valence-corrected chi connectivity index (χ1v) is 8.49. The molecular weight excluding hydrogens is 310 g/mol. The summed E-state index contributed by atoms with van der Waals surface area (Å²) in [5.41, 5.74) is 2.55. The average molecular weight is 338 g/mol. The molecule has 4 nitrogen and oxygen atoms in total. The zero-order chi connectivity index (χ0) is 15.4. The Kier molecular flexibility index (Phi) is 6.88. The van der Waals surface area contributed by atoms with E-state index in [4.69, 9.17) is 0 Å². The third-order valence-corrected chi connectivity index (χ3v) is 4.79. The van der Waals surface area contributed by atoms with E-state index < -0.39 is 0 Å². The number of amides is 1. The minimum atomic E-state index is 0. The van der Waals surface area contributed by atoms with Crippen molar-refractivity contribution in [3.63, 3.8) is 0 Å². The molecule has 0 bridgehead atoms. The predicted octanol–water partition coefficient (Wildman–Crippen LogP) is 2.18. The number of likely N-dealkylation sites (tertiary alicyclic amines) is 1. The van der Waals surface area contributed by atoms with Crippen LogP contribution in [0, 0.1) is 11.8 Å². The molecule has 1 aromatic rings. The van der Waals surface area contributed by atoms with Gasteiger partial charge in [-0.15, -0.1) is 12.4 Å². The highest BCUT2D eigenvalue weighted by Crippen LogP contribution is 2.18. The van der Waals surface area contributed by atoms with Gasteiger partial charge in [0, 0.05) is 32.7 Å². The standard InChI is InChI=1S/C18H27N3O.ClH/c1-14-3-2-8-21(12-14)13-16-6-4-15(5-7-16)9-20-18(22)17-10-19-11-17;/h4-7,14,17,19H,2-3,8-13H2,1H3,(H,20,22);1H. The van der Waals surface area contributed by atoms with Gasteiger partial charge in [0.05, 0.1) is 5.92 Å². The molecule has 2 N–H and O–H groups in total. The Bertz CT molecular complexity index is 501. The van der Waals surface area contributed by atoms with Crippen molar-refractivity contribution in [1.82, 2.24) is 15.5 Å². The van der Waals surface area contributed by atoms with Gasteiger partial charge in [-0.05, 0) is 36.4 Å². The second kappa shape index (κ2) is 8.67. The van der Waals surface area contributed by atoms with Crippen LogP contribution in [0.4, 0.5) is 0 Å². The van der Waals surface area contributed by atoms with Crippen molar-refractivity contribution in [1.29, 1.82) is 0 Å². The van der Waals surface area contributed by atoms with Crippen molar-refractivity contribution in [2.24, 2.45) is 11.8 Å². The number of nitrogens with one attached hydrogen (secondary N) is 2. The minimum Gasteiger partial charge on any atom is -0.352 e. The summed E-state index contributed by atoms with van der Waals surface area (Å²) in [6.07, 6.45) is 2.69. The van der Waals surface area contributed by atoms with Gasteiger partial charge in [-0.2, -0.15) is 0 Å². The molecule has 1 amide bonds. The fourth-order valence-electron chi connectivity index (χ4n) is 3.26. The molecule has 0 spiro atoms. The normalized spacial score (nSPS) is 22.0. The van der Waals surface area contributed by atoms with Crippen LogP contribution in [-0.4, -0.2) is 37.0 Å². The van der Waals surface area contributed by atoms with Crippen molar-refractivity contribution in [3.8, 4) is 0 Å². The maximum atomic E-state index is 11.8. The molecule has 3 rings (SSSR count). The molecule has 128 valence electrons. The summed E-state index contributed by atoms with van der Waals surface area (Å²) in [5, 5.41) is 6.14. The molecule has 0 aliphatic carbocycles. The van der Waals surface area contributed by atoms with Crippen LogP contribution in [0.1, 0.15) is 30.9 Å². The van der Waals surface area contributed by atoms with Crippen LogP contribution >= 0.6 is 12.4 Å². The summed E-state index contributed by atoms with van der Waals surface area (Å²) in [4.78, 5) is 14.4. The van der Waals surface area contributed by atoms with E-state index in [1.54, 1.807) is 0 Å². The number of rotatable bonds is 5. The zero-order valence-corrected chi connectivity index (χ0v) is 14.7. The fourth-order valence-corrected chi connectivity index (χ4v) is 3.26. The average Bonchev–Trinajstić information content (AvgIpc) is 2.45. The second-order valence-electron chi connectivity index (χ2n) is 6.87. The van der Waals surface area contributed by atoms with Gasteiger partial charge in [-0.3, -0.25) is 9.69 Å². The van der Waals surface area contributed by atoms with Crippen LogP contribution in [0.3, 0.4) is 0 Å². The van der Waals surface area contributed by atoms with Crippen LogP contribution in [0.25, 0.3) is 0 Å². The molecule has 1 unspecified atom stereocenters. The lowest BCUT2D eigenvalue weighted by Crippen LogP contribution is -2.50. The van der Waals surface area contributed by atoms with Gasteiger partial charge in [-0.1, -0.05) is 31.2 Å². The Balaban J connectivity index is 0.00000192. The molecule has 2 heterocycles. The van der Waals surface area contributed by atoms with Crippen molar-refractivity contribution in [2.75, 3.05) is 26.2 Å². The highest BCUT2D eigenvalue weighted by Gasteiger charge is 2.24. The third-order valence-electron chi connectivity index (χ3n) is 4.79. The van der Waals surface area contributed by atoms with Crippen molar-refractivity contribution in [2.45, 2.75) is 32.9 Å². The van der Waals surface area contributed by atoms with E-state index >= 15 is 0 Å². The topological polar surface area (TPSA) is 44.4 Å². The van der Waals surface area contributed by atoms with E-state index in [2.05, 4.69) is 46.7 Å². The van der Waals surface area contributed by atoms with Crippen molar-refractivity contribution < 1.29 is 4.79 Å². The molecule has 2 fully saturated rings. The molecule has 1 aromatic carbocycles. The summed E-state index contributed by atoms with van der Waals surface area (Å²) >= 11 is 0. The molecule has 1 atom stereocenters. The lowest BCUT2D eigenvalue weighted by atomic mass is 9.99. The van der Waals surface area contributed by atoms with E-state index in [9.17, 15) is 4.79 Å². The SMILES string of the molecule is CC1CCCN(Cc2ccc(CNC(=O)C3CNC3)cc2)C1.Cl. The summed E-state index contributed by atoms with van der Waals surface area (Å²) in [5.74, 6) is 1.16. The molecule has 2 aliphatic heterocycles. The minimum absolute atomic E-state index is 0. The number of piperidine rings is 1. The van der Waals surface area contributed by atoms with Crippen LogP contribution in [-0.2, 0) is 17.9 Å². The number of nitrogens with zero attached hydrogens (tertiary/aromatic N) is 1. The Morgan fingerprint density at radius 2 is 1.96 bits per heavy atom. The maximum Gasteiger partial charge on any atom is 0.225 e. The first-order valence-electron chi connectivity index (χ1n) is 8.49. The number of hydrogen-bond donors (Lipinski definition) is 2. The molecule has 23 heavy (non-hydrogen) atoms. The second-order valence-corrected chi connectivity index (χ2v) is 6.87. The summed E-state index contributed by atoms with van der Waals surface area (Å²) in [7, 11) is 0. The van der Waals surface area contributed by atoms with Gasteiger partial charge < -0.3 is 10.6 Å². The Labute approximate surface area is 145 Å². The third kappa shape index (κ3) is 5.20. The first-order chi connectivity index (χ1) is 10.7. The van der Waals surface area contributed by atoms with E-state index in [0.29, 0.717) is 6.54 Å². The summed E-state index contributed by atoms with van der Waals surface area (Å²) < 4.78 is 0. The number of carbonyl (C=O) groups excluding carboxylic acids is 1. The van der Waals surface area contributed by atoms with Gasteiger partial charge in [0.1, 0.15) is 0 Å². The predicted molar refractivity (Wildman–Crippen MR) is 95.6 cm³/mol. The summed E-state index contributed by atoms with van der Waals surface area (Å²) in [6.45, 7) is 8.10. The van der Waals surface area contributed by atoms with Crippen LogP contribution in [0.2, 0.25) is 0 Å². The molecule has 5 heteroatoms.